The molecule has 1 saturated heterocycles. The normalized spacial score (nSPS) is 15.9. The highest BCUT2D eigenvalue weighted by molar-refractivity contribution is 5.84. The van der Waals surface area contributed by atoms with E-state index in [0.717, 1.165) is 30.0 Å². The molecular formula is C32H43F4N5O4. The van der Waals surface area contributed by atoms with E-state index >= 15 is 0 Å². The molecule has 3 rings (SSSR count). The number of aldehydes is 2. The van der Waals surface area contributed by atoms with E-state index in [1.54, 1.807) is 24.3 Å². The third-order valence-electron chi connectivity index (χ3n) is 5.62. The van der Waals surface area contributed by atoms with Crippen LogP contribution in [-0.2, 0) is 25.6 Å². The Morgan fingerprint density at radius 3 is 2.02 bits per heavy atom. The van der Waals surface area contributed by atoms with Crippen LogP contribution in [0, 0.1) is 29.0 Å². The molecule has 2 aromatic carbocycles. The van der Waals surface area contributed by atoms with Crippen molar-refractivity contribution in [3.63, 3.8) is 0 Å². The van der Waals surface area contributed by atoms with Gasteiger partial charge in [-0.15, -0.1) is 0 Å². The molecule has 0 saturated carbocycles. The molecule has 9 nitrogen and oxygen atoms in total. The zero-order chi connectivity index (χ0) is 34.6. The van der Waals surface area contributed by atoms with Crippen molar-refractivity contribution in [3.8, 4) is 6.07 Å². The molecule has 0 aromatic heterocycles. The summed E-state index contributed by atoms with van der Waals surface area (Å²) in [5.74, 6) is -2.11. The standard InChI is InChI=1S/C11H9F4NO2.C10H15N3O2.C7H9N.C4H10/c12-8-3-1-7(2-4-8)5-9(6-17)16-10(18)11(13,14)15;1-12(2)6-10(15)13-5-8(7-14)3-9(13)4-11;1-8-7-5-3-2-4-6-7;1-4(2)3/h1-4,6,9H,5H2,(H,16,18);7-9H,3,5-6H2,1-2H3;2-6,8H,1H3;4H,1-3H3. The second-order valence-electron chi connectivity index (χ2n) is 11.0. The smallest absolute Gasteiger partial charge is 0.388 e. The molecular weight excluding hydrogens is 594 g/mol. The number of para-hydroxylation sites is 1. The number of amides is 2. The molecule has 2 amide bonds. The zero-order valence-corrected chi connectivity index (χ0v) is 26.5. The van der Waals surface area contributed by atoms with Gasteiger partial charge in [0.1, 0.15) is 24.4 Å². The zero-order valence-electron chi connectivity index (χ0n) is 26.5. The minimum atomic E-state index is -5.04. The number of alkyl halides is 3. The second kappa shape index (κ2) is 21.4. The number of halogens is 4. The quantitative estimate of drug-likeness (QED) is 0.323. The van der Waals surface area contributed by atoms with Crippen molar-refractivity contribution in [1.82, 2.24) is 15.1 Å². The number of rotatable bonds is 8. The third kappa shape index (κ3) is 18.2. The Bertz CT molecular complexity index is 1200. The van der Waals surface area contributed by atoms with Gasteiger partial charge in [-0.1, -0.05) is 51.1 Å². The largest absolute Gasteiger partial charge is 0.471 e. The summed E-state index contributed by atoms with van der Waals surface area (Å²) < 4.78 is 48.5. The Morgan fingerprint density at radius 1 is 1.07 bits per heavy atom. The molecule has 45 heavy (non-hydrogen) atoms. The average molecular weight is 638 g/mol. The highest BCUT2D eigenvalue weighted by Gasteiger charge is 2.39. The number of nitrogens with zero attached hydrogens (tertiary/aromatic N) is 3. The van der Waals surface area contributed by atoms with Gasteiger partial charge < -0.3 is 30.0 Å². The van der Waals surface area contributed by atoms with Crippen LogP contribution in [0.5, 0.6) is 0 Å². The van der Waals surface area contributed by atoms with Crippen LogP contribution in [-0.4, -0.2) is 86.7 Å². The van der Waals surface area contributed by atoms with Crippen LogP contribution in [0.4, 0.5) is 23.2 Å². The fourth-order valence-corrected chi connectivity index (χ4v) is 3.59. The number of benzene rings is 2. The molecule has 1 heterocycles. The molecule has 3 unspecified atom stereocenters. The molecule has 248 valence electrons. The molecule has 0 bridgehead atoms. The minimum absolute atomic E-state index is 0.0871. The van der Waals surface area contributed by atoms with Crippen LogP contribution in [0.3, 0.4) is 0 Å². The Morgan fingerprint density at radius 2 is 1.62 bits per heavy atom. The van der Waals surface area contributed by atoms with Crippen LogP contribution in [0.1, 0.15) is 32.8 Å². The Balaban J connectivity index is 0.000000641. The number of nitriles is 1. The second-order valence-corrected chi connectivity index (χ2v) is 11.0. The first kappa shape index (κ1) is 40.7. The van der Waals surface area contributed by atoms with Gasteiger partial charge in [0.2, 0.25) is 5.91 Å². The summed E-state index contributed by atoms with van der Waals surface area (Å²) in [4.78, 5) is 46.8. The SMILES string of the molecule is CC(C)C.CN(C)CC(=O)N1CC(C=O)CC1C#N.CNc1ccccc1.O=CC(Cc1ccc(F)cc1)NC(=O)C(F)(F)F. The fraction of sp³-hybridized carbons (Fsp3) is 0.469. The lowest BCUT2D eigenvalue weighted by molar-refractivity contribution is -0.174. The summed E-state index contributed by atoms with van der Waals surface area (Å²) >= 11 is 0. The Kier molecular flexibility index (Phi) is 19.4. The molecule has 2 aromatic rings. The Hall–Kier alpha value is -4.31. The van der Waals surface area contributed by atoms with Gasteiger partial charge in [-0.2, -0.15) is 18.4 Å². The van der Waals surface area contributed by atoms with E-state index in [9.17, 15) is 36.7 Å². The van der Waals surface area contributed by atoms with Crippen LogP contribution in [0.25, 0.3) is 0 Å². The van der Waals surface area contributed by atoms with Crippen LogP contribution >= 0.6 is 0 Å². The van der Waals surface area contributed by atoms with Gasteiger partial charge in [0.15, 0.2) is 0 Å². The number of carbonyl (C=O) groups excluding carboxylic acids is 4. The van der Waals surface area contributed by atoms with Gasteiger partial charge in [-0.25, -0.2) is 4.39 Å². The van der Waals surface area contributed by atoms with Gasteiger partial charge in [0, 0.05) is 25.2 Å². The van der Waals surface area contributed by atoms with Crippen molar-refractivity contribution in [2.45, 2.75) is 51.9 Å². The lowest BCUT2D eigenvalue weighted by atomic mass is 10.1. The highest BCUT2D eigenvalue weighted by Crippen LogP contribution is 2.21. The van der Waals surface area contributed by atoms with Crippen molar-refractivity contribution in [3.05, 3.63) is 66.0 Å². The van der Waals surface area contributed by atoms with Gasteiger partial charge in [-0.05, 0) is 62.7 Å². The van der Waals surface area contributed by atoms with E-state index in [-0.39, 0.29) is 31.1 Å². The fourth-order valence-electron chi connectivity index (χ4n) is 3.59. The monoisotopic (exact) mass is 637 g/mol. The number of nitrogens with one attached hydrogen (secondary N) is 2. The number of hydrogen-bond acceptors (Lipinski definition) is 7. The lowest BCUT2D eigenvalue weighted by Crippen LogP contribution is -2.44. The van der Waals surface area contributed by atoms with Gasteiger partial charge in [-0.3, -0.25) is 9.59 Å². The molecule has 0 spiro atoms. The van der Waals surface area contributed by atoms with E-state index in [4.69, 9.17) is 5.26 Å². The Labute approximate surface area is 262 Å². The summed E-state index contributed by atoms with van der Waals surface area (Å²) in [7, 11) is 5.51. The lowest BCUT2D eigenvalue weighted by Gasteiger charge is -2.21. The van der Waals surface area contributed by atoms with E-state index in [1.807, 2.05) is 37.4 Å². The van der Waals surface area contributed by atoms with Gasteiger partial charge in [0.25, 0.3) is 0 Å². The van der Waals surface area contributed by atoms with Crippen molar-refractivity contribution in [2.75, 3.05) is 39.5 Å². The maximum Gasteiger partial charge on any atom is 0.471 e. The molecule has 0 aliphatic carbocycles. The topological polar surface area (TPSA) is 123 Å². The van der Waals surface area contributed by atoms with E-state index in [1.165, 1.54) is 17.0 Å². The molecule has 1 aliphatic heterocycles. The van der Waals surface area contributed by atoms with Gasteiger partial charge >= 0.3 is 12.1 Å². The minimum Gasteiger partial charge on any atom is -0.388 e. The summed E-state index contributed by atoms with van der Waals surface area (Å²) in [6, 6.07) is 15.3. The highest BCUT2D eigenvalue weighted by atomic mass is 19.4. The van der Waals surface area contributed by atoms with Crippen LogP contribution < -0.4 is 10.6 Å². The van der Waals surface area contributed by atoms with Crippen LogP contribution in [0.15, 0.2) is 54.6 Å². The number of likely N-dealkylation sites (tertiary alicyclic amines) is 1. The van der Waals surface area contributed by atoms with Crippen molar-refractivity contribution < 1.29 is 36.7 Å². The number of hydrogen-bond donors (Lipinski definition) is 2. The van der Waals surface area contributed by atoms with E-state index < -0.39 is 30.0 Å². The molecule has 2 N–H and O–H groups in total. The van der Waals surface area contributed by atoms with Crippen molar-refractivity contribution in [2.24, 2.45) is 11.8 Å². The summed E-state index contributed by atoms with van der Waals surface area (Å²) in [6.07, 6.45) is -3.67. The predicted octanol–water partition coefficient (Wildman–Crippen LogP) is 4.49. The number of likely N-dealkylation sites (N-methyl/N-ethyl adjacent to an activating group) is 1. The van der Waals surface area contributed by atoms with Crippen molar-refractivity contribution in [1.29, 1.82) is 5.26 Å². The number of anilines is 1. The number of carbonyl (C=O) groups is 4. The molecule has 13 heteroatoms. The summed E-state index contributed by atoms with van der Waals surface area (Å²) in [6.45, 7) is 7.16. The molecule has 0 radical (unpaired) electrons. The van der Waals surface area contributed by atoms with Gasteiger partial charge in [0.05, 0.1) is 18.7 Å². The maximum absolute atomic E-state index is 12.6. The van der Waals surface area contributed by atoms with Crippen molar-refractivity contribution >= 4 is 30.1 Å². The average Bonchev–Trinajstić information content (AvgIpc) is 3.42. The first-order chi connectivity index (χ1) is 21.1. The van der Waals surface area contributed by atoms with E-state index in [2.05, 4.69) is 32.2 Å². The molecule has 1 fully saturated rings. The maximum atomic E-state index is 12.6. The molecule has 1 aliphatic rings. The van der Waals surface area contributed by atoms with Crippen LogP contribution in [0.2, 0.25) is 0 Å². The predicted molar refractivity (Wildman–Crippen MR) is 164 cm³/mol. The van der Waals surface area contributed by atoms with E-state index in [0.29, 0.717) is 18.5 Å². The first-order valence-corrected chi connectivity index (χ1v) is 14.2. The summed E-state index contributed by atoms with van der Waals surface area (Å²) in [5, 5.41) is 13.4. The first-order valence-electron chi connectivity index (χ1n) is 14.2. The molecule has 3 atom stereocenters. The third-order valence-corrected chi connectivity index (χ3v) is 5.62. The summed E-state index contributed by atoms with van der Waals surface area (Å²) in [5.41, 5.74) is 1.60.